The molecule has 0 spiro atoms. The lowest BCUT2D eigenvalue weighted by molar-refractivity contribution is 0.414. The Morgan fingerprint density at radius 3 is 2.58 bits per heavy atom. The first-order chi connectivity index (χ1) is 9.22. The first-order valence-electron chi connectivity index (χ1n) is 5.94. The molecule has 2 aromatic rings. The van der Waals surface area contributed by atoms with E-state index in [2.05, 4.69) is 27.0 Å². The summed E-state index contributed by atoms with van der Waals surface area (Å²) in [5.74, 6) is 1.80. The number of thioether (sulfide) groups is 1. The van der Waals surface area contributed by atoms with Crippen molar-refractivity contribution in [3.05, 3.63) is 42.1 Å². The Morgan fingerprint density at radius 2 is 1.95 bits per heavy atom. The van der Waals surface area contributed by atoms with Crippen LogP contribution >= 0.6 is 11.8 Å². The number of benzene rings is 1. The molecule has 0 fully saturated rings. The van der Waals surface area contributed by atoms with E-state index in [-0.39, 0.29) is 0 Å². The first kappa shape index (κ1) is 13.7. The molecule has 0 unspecified atom stereocenters. The van der Waals surface area contributed by atoms with Gasteiger partial charge in [0.1, 0.15) is 11.6 Å². The highest BCUT2D eigenvalue weighted by atomic mass is 32.2. The number of anilines is 1. The SMILES string of the molecule is COc1ccc(CN(C)c2ccnc(SC)n2)cc1. The first-order valence-corrected chi connectivity index (χ1v) is 7.16. The molecule has 0 aliphatic carbocycles. The number of rotatable bonds is 5. The largest absolute Gasteiger partial charge is 0.497 e. The highest BCUT2D eigenvalue weighted by Gasteiger charge is 2.05. The van der Waals surface area contributed by atoms with Gasteiger partial charge in [0.05, 0.1) is 7.11 Å². The summed E-state index contributed by atoms with van der Waals surface area (Å²) >= 11 is 1.55. The smallest absolute Gasteiger partial charge is 0.189 e. The molecule has 1 aromatic carbocycles. The summed E-state index contributed by atoms with van der Waals surface area (Å²) in [6.45, 7) is 0.800. The van der Waals surface area contributed by atoms with Gasteiger partial charge in [-0.25, -0.2) is 9.97 Å². The van der Waals surface area contributed by atoms with Gasteiger partial charge in [-0.3, -0.25) is 0 Å². The van der Waals surface area contributed by atoms with Crippen molar-refractivity contribution in [2.45, 2.75) is 11.7 Å². The van der Waals surface area contributed by atoms with Gasteiger partial charge in [-0.05, 0) is 30.0 Å². The van der Waals surface area contributed by atoms with Crippen LogP contribution in [0.15, 0.2) is 41.7 Å². The van der Waals surface area contributed by atoms with E-state index in [1.807, 2.05) is 31.5 Å². The lowest BCUT2D eigenvalue weighted by Crippen LogP contribution is -2.17. The quantitative estimate of drug-likeness (QED) is 0.619. The van der Waals surface area contributed by atoms with Gasteiger partial charge in [-0.1, -0.05) is 23.9 Å². The van der Waals surface area contributed by atoms with Gasteiger partial charge in [-0.2, -0.15) is 0 Å². The molecular weight excluding hydrogens is 258 g/mol. The van der Waals surface area contributed by atoms with Crippen LogP contribution in [0.1, 0.15) is 5.56 Å². The van der Waals surface area contributed by atoms with E-state index in [0.717, 1.165) is 23.3 Å². The molecule has 5 heteroatoms. The number of aromatic nitrogens is 2. The Bertz CT molecular complexity index is 530. The molecule has 0 atom stereocenters. The minimum absolute atomic E-state index is 0.791. The van der Waals surface area contributed by atoms with Gasteiger partial charge in [0.2, 0.25) is 0 Å². The zero-order valence-corrected chi connectivity index (χ0v) is 12.1. The highest BCUT2D eigenvalue weighted by molar-refractivity contribution is 7.98. The van der Waals surface area contributed by atoms with E-state index in [1.54, 1.807) is 25.1 Å². The van der Waals surface area contributed by atoms with Crippen LogP contribution in [0.25, 0.3) is 0 Å². The number of hydrogen-bond donors (Lipinski definition) is 0. The fraction of sp³-hybridized carbons (Fsp3) is 0.286. The maximum atomic E-state index is 5.15. The van der Waals surface area contributed by atoms with E-state index in [4.69, 9.17) is 4.74 Å². The molecule has 0 radical (unpaired) electrons. The maximum Gasteiger partial charge on any atom is 0.189 e. The summed E-state index contributed by atoms with van der Waals surface area (Å²) in [6, 6.07) is 9.98. The Labute approximate surface area is 117 Å². The molecular formula is C14H17N3OS. The van der Waals surface area contributed by atoms with Gasteiger partial charge in [-0.15, -0.1) is 0 Å². The number of ether oxygens (including phenoxy) is 1. The van der Waals surface area contributed by atoms with Crippen molar-refractivity contribution in [3.63, 3.8) is 0 Å². The normalized spacial score (nSPS) is 10.3. The van der Waals surface area contributed by atoms with Crippen LogP contribution in [0.2, 0.25) is 0 Å². The average Bonchev–Trinajstić information content (AvgIpc) is 2.48. The average molecular weight is 275 g/mol. The fourth-order valence-electron chi connectivity index (χ4n) is 1.73. The number of nitrogens with zero attached hydrogens (tertiary/aromatic N) is 3. The van der Waals surface area contributed by atoms with E-state index in [9.17, 15) is 0 Å². The van der Waals surface area contributed by atoms with E-state index in [1.165, 1.54) is 5.56 Å². The summed E-state index contributed by atoms with van der Waals surface area (Å²) < 4.78 is 5.15. The van der Waals surface area contributed by atoms with Gasteiger partial charge in [0, 0.05) is 19.8 Å². The van der Waals surface area contributed by atoms with Crippen LogP contribution in [0.4, 0.5) is 5.82 Å². The Kier molecular flexibility index (Phi) is 4.63. The van der Waals surface area contributed by atoms with Crippen molar-refractivity contribution in [2.75, 3.05) is 25.3 Å². The second-order valence-electron chi connectivity index (χ2n) is 4.11. The zero-order chi connectivity index (χ0) is 13.7. The Hall–Kier alpha value is -1.75. The fourth-order valence-corrected chi connectivity index (χ4v) is 2.08. The second kappa shape index (κ2) is 6.43. The van der Waals surface area contributed by atoms with Crippen LogP contribution in [-0.2, 0) is 6.54 Å². The summed E-state index contributed by atoms with van der Waals surface area (Å²) in [6.07, 6.45) is 3.77. The van der Waals surface area contributed by atoms with Crippen molar-refractivity contribution in [1.29, 1.82) is 0 Å². The zero-order valence-electron chi connectivity index (χ0n) is 11.3. The molecule has 0 amide bonds. The predicted octanol–water partition coefficient (Wildman–Crippen LogP) is 2.84. The molecule has 19 heavy (non-hydrogen) atoms. The Balaban J connectivity index is 2.08. The van der Waals surface area contributed by atoms with E-state index < -0.39 is 0 Å². The van der Waals surface area contributed by atoms with Crippen molar-refractivity contribution in [1.82, 2.24) is 9.97 Å². The van der Waals surface area contributed by atoms with E-state index in [0.29, 0.717) is 0 Å². The summed E-state index contributed by atoms with van der Waals surface area (Å²) in [7, 11) is 3.70. The molecule has 1 aromatic heterocycles. The maximum absolute atomic E-state index is 5.15. The van der Waals surface area contributed by atoms with Crippen molar-refractivity contribution in [3.8, 4) is 5.75 Å². The minimum atomic E-state index is 0.791. The molecule has 4 nitrogen and oxygen atoms in total. The van der Waals surface area contributed by atoms with Gasteiger partial charge in [0.15, 0.2) is 5.16 Å². The molecule has 2 rings (SSSR count). The lowest BCUT2D eigenvalue weighted by Gasteiger charge is -2.18. The Morgan fingerprint density at radius 1 is 1.21 bits per heavy atom. The van der Waals surface area contributed by atoms with Crippen LogP contribution in [0.3, 0.4) is 0 Å². The highest BCUT2D eigenvalue weighted by Crippen LogP contribution is 2.17. The molecule has 0 aliphatic rings. The number of methoxy groups -OCH3 is 1. The lowest BCUT2D eigenvalue weighted by atomic mass is 10.2. The third-order valence-corrected chi connectivity index (χ3v) is 3.33. The van der Waals surface area contributed by atoms with Crippen LogP contribution in [0.5, 0.6) is 5.75 Å². The summed E-state index contributed by atoms with van der Waals surface area (Å²) in [5.41, 5.74) is 1.22. The number of hydrogen-bond acceptors (Lipinski definition) is 5. The third kappa shape index (κ3) is 3.61. The molecule has 0 saturated heterocycles. The van der Waals surface area contributed by atoms with Gasteiger partial charge >= 0.3 is 0 Å². The molecule has 0 aliphatic heterocycles. The molecule has 100 valence electrons. The van der Waals surface area contributed by atoms with Crippen molar-refractivity contribution >= 4 is 17.6 Å². The third-order valence-electron chi connectivity index (χ3n) is 2.77. The monoisotopic (exact) mass is 275 g/mol. The molecule has 0 N–H and O–H groups in total. The van der Waals surface area contributed by atoms with Gasteiger partial charge in [0.25, 0.3) is 0 Å². The summed E-state index contributed by atoms with van der Waals surface area (Å²) in [4.78, 5) is 10.8. The topological polar surface area (TPSA) is 38.2 Å². The van der Waals surface area contributed by atoms with Crippen LogP contribution < -0.4 is 9.64 Å². The van der Waals surface area contributed by atoms with Crippen molar-refractivity contribution in [2.24, 2.45) is 0 Å². The van der Waals surface area contributed by atoms with Crippen molar-refractivity contribution < 1.29 is 4.74 Å². The minimum Gasteiger partial charge on any atom is -0.497 e. The van der Waals surface area contributed by atoms with E-state index >= 15 is 0 Å². The standard InChI is InChI=1S/C14H17N3OS/c1-17(13-8-9-15-14(16-13)19-3)10-11-4-6-12(18-2)7-5-11/h4-9H,10H2,1-3H3. The summed E-state index contributed by atoms with van der Waals surface area (Å²) in [5, 5.41) is 0.791. The predicted molar refractivity (Wildman–Crippen MR) is 78.9 cm³/mol. The second-order valence-corrected chi connectivity index (χ2v) is 4.88. The molecule has 1 heterocycles. The molecule has 0 bridgehead atoms. The van der Waals surface area contributed by atoms with Gasteiger partial charge < -0.3 is 9.64 Å². The molecule has 0 saturated carbocycles. The van der Waals surface area contributed by atoms with Crippen LogP contribution in [-0.4, -0.2) is 30.4 Å². The van der Waals surface area contributed by atoms with Crippen LogP contribution in [0, 0.1) is 0 Å².